The molecule has 4 nitrogen and oxygen atoms in total. The summed E-state index contributed by atoms with van der Waals surface area (Å²) in [7, 11) is 0. The van der Waals surface area contributed by atoms with E-state index in [9.17, 15) is 4.79 Å². The average molecular weight is 199 g/mol. The Morgan fingerprint density at radius 3 is 2.43 bits per heavy atom. The van der Waals surface area contributed by atoms with Crippen LogP contribution in [-0.4, -0.2) is 42.5 Å². The highest BCUT2D eigenvalue weighted by molar-refractivity contribution is 5.79. The molecule has 2 unspecified atom stereocenters. The molecule has 0 radical (unpaired) electrons. The van der Waals surface area contributed by atoms with Gasteiger partial charge in [0.15, 0.2) is 0 Å². The van der Waals surface area contributed by atoms with Gasteiger partial charge in [-0.25, -0.2) is 0 Å². The van der Waals surface area contributed by atoms with Gasteiger partial charge in [0.25, 0.3) is 0 Å². The first-order valence-electron chi connectivity index (χ1n) is 5.45. The molecule has 1 aliphatic rings. The van der Waals surface area contributed by atoms with E-state index in [-0.39, 0.29) is 11.9 Å². The zero-order chi connectivity index (χ0) is 10.6. The number of nitrogens with one attached hydrogen (secondary N) is 1. The Balaban J connectivity index is 2.38. The third-order valence-corrected chi connectivity index (χ3v) is 3.06. The summed E-state index contributed by atoms with van der Waals surface area (Å²) in [5, 5.41) is 3.20. The van der Waals surface area contributed by atoms with Crippen LogP contribution < -0.4 is 11.1 Å². The van der Waals surface area contributed by atoms with Crippen LogP contribution in [0.1, 0.15) is 26.7 Å². The third-order valence-electron chi connectivity index (χ3n) is 3.06. The van der Waals surface area contributed by atoms with Gasteiger partial charge in [-0.1, -0.05) is 13.8 Å². The molecule has 0 aromatic rings. The van der Waals surface area contributed by atoms with E-state index in [0.717, 1.165) is 32.5 Å². The molecule has 1 fully saturated rings. The number of carbonyl (C=O) groups excluding carboxylic acids is 1. The maximum Gasteiger partial charge on any atom is 0.234 e. The van der Waals surface area contributed by atoms with Gasteiger partial charge in [-0.3, -0.25) is 9.69 Å². The number of amides is 1. The fourth-order valence-corrected chi connectivity index (χ4v) is 2.14. The fourth-order valence-electron chi connectivity index (χ4n) is 2.14. The van der Waals surface area contributed by atoms with Gasteiger partial charge in [-0.15, -0.1) is 0 Å². The highest BCUT2D eigenvalue weighted by Gasteiger charge is 2.26. The van der Waals surface area contributed by atoms with Crippen molar-refractivity contribution in [2.45, 2.75) is 38.8 Å². The zero-order valence-corrected chi connectivity index (χ0v) is 9.12. The summed E-state index contributed by atoms with van der Waals surface area (Å²) in [6.07, 6.45) is 1.94. The Kier molecular flexibility index (Phi) is 4.35. The van der Waals surface area contributed by atoms with Crippen molar-refractivity contribution in [3.8, 4) is 0 Å². The van der Waals surface area contributed by atoms with Crippen molar-refractivity contribution >= 4 is 5.91 Å². The van der Waals surface area contributed by atoms with Crippen LogP contribution in [0.4, 0.5) is 0 Å². The van der Waals surface area contributed by atoms with Crippen molar-refractivity contribution in [1.82, 2.24) is 10.2 Å². The minimum Gasteiger partial charge on any atom is -0.368 e. The molecule has 14 heavy (non-hydrogen) atoms. The fraction of sp³-hybridized carbons (Fsp3) is 0.900. The molecule has 2 atom stereocenters. The lowest BCUT2D eigenvalue weighted by molar-refractivity contribution is -0.120. The number of primary amides is 1. The average Bonchev–Trinajstić information content (AvgIpc) is 2.20. The van der Waals surface area contributed by atoms with Crippen LogP contribution in [0, 0.1) is 0 Å². The highest BCUT2D eigenvalue weighted by atomic mass is 16.1. The summed E-state index contributed by atoms with van der Waals surface area (Å²) in [6.45, 7) is 7.37. The van der Waals surface area contributed by atoms with Gasteiger partial charge in [0.1, 0.15) is 0 Å². The summed E-state index contributed by atoms with van der Waals surface area (Å²) in [5.74, 6) is -0.219. The standard InChI is InChI=1S/C10H21N3O/c1-3-13(4-2)8-5-6-9(10(11)14)12-7-8/h8-9,12H,3-7H2,1-2H3,(H2,11,14). The van der Waals surface area contributed by atoms with Crippen LogP contribution in [0.15, 0.2) is 0 Å². The van der Waals surface area contributed by atoms with E-state index in [1.54, 1.807) is 0 Å². The van der Waals surface area contributed by atoms with E-state index in [4.69, 9.17) is 5.73 Å². The minimum absolute atomic E-state index is 0.109. The second-order valence-electron chi connectivity index (χ2n) is 3.82. The van der Waals surface area contributed by atoms with Gasteiger partial charge in [0.05, 0.1) is 6.04 Å². The molecule has 0 aromatic carbocycles. The van der Waals surface area contributed by atoms with Gasteiger partial charge in [-0.05, 0) is 25.9 Å². The lowest BCUT2D eigenvalue weighted by Gasteiger charge is -2.35. The van der Waals surface area contributed by atoms with Gasteiger partial charge in [-0.2, -0.15) is 0 Å². The van der Waals surface area contributed by atoms with Crippen molar-refractivity contribution in [3.05, 3.63) is 0 Å². The van der Waals surface area contributed by atoms with Crippen LogP contribution in [0.3, 0.4) is 0 Å². The molecule has 3 N–H and O–H groups in total. The summed E-state index contributed by atoms with van der Waals surface area (Å²) in [4.78, 5) is 13.3. The smallest absolute Gasteiger partial charge is 0.234 e. The summed E-state index contributed by atoms with van der Waals surface area (Å²) in [6, 6.07) is 0.461. The summed E-state index contributed by atoms with van der Waals surface area (Å²) in [5.41, 5.74) is 5.24. The molecule has 1 rings (SSSR count). The number of nitrogens with two attached hydrogens (primary N) is 1. The number of rotatable bonds is 4. The highest BCUT2D eigenvalue weighted by Crippen LogP contribution is 2.13. The quantitative estimate of drug-likeness (QED) is 0.666. The number of nitrogens with zero attached hydrogens (tertiary/aromatic N) is 1. The molecule has 1 amide bonds. The van der Waals surface area contributed by atoms with E-state index < -0.39 is 0 Å². The van der Waals surface area contributed by atoms with Crippen LogP contribution in [-0.2, 0) is 4.79 Å². The van der Waals surface area contributed by atoms with E-state index in [2.05, 4.69) is 24.1 Å². The molecule has 0 saturated carbocycles. The second kappa shape index (κ2) is 5.32. The first kappa shape index (κ1) is 11.5. The van der Waals surface area contributed by atoms with Crippen molar-refractivity contribution in [1.29, 1.82) is 0 Å². The lowest BCUT2D eigenvalue weighted by atomic mass is 9.99. The number of carbonyl (C=O) groups is 1. The molecule has 0 spiro atoms. The van der Waals surface area contributed by atoms with Gasteiger partial charge in [0.2, 0.25) is 5.91 Å². The predicted octanol–water partition coefficient (Wildman–Crippen LogP) is -0.0659. The Morgan fingerprint density at radius 2 is 2.07 bits per heavy atom. The van der Waals surface area contributed by atoms with Crippen LogP contribution in [0.2, 0.25) is 0 Å². The lowest BCUT2D eigenvalue weighted by Crippen LogP contribution is -2.53. The van der Waals surface area contributed by atoms with Crippen molar-refractivity contribution in [2.24, 2.45) is 5.73 Å². The Morgan fingerprint density at radius 1 is 1.43 bits per heavy atom. The van der Waals surface area contributed by atoms with Crippen LogP contribution in [0.25, 0.3) is 0 Å². The summed E-state index contributed by atoms with van der Waals surface area (Å²) >= 11 is 0. The monoisotopic (exact) mass is 199 g/mol. The second-order valence-corrected chi connectivity index (χ2v) is 3.82. The van der Waals surface area contributed by atoms with Crippen molar-refractivity contribution in [3.63, 3.8) is 0 Å². The first-order chi connectivity index (χ1) is 6.69. The molecule has 1 aliphatic heterocycles. The van der Waals surface area contributed by atoms with E-state index in [1.807, 2.05) is 0 Å². The summed E-state index contributed by atoms with van der Waals surface area (Å²) < 4.78 is 0. The van der Waals surface area contributed by atoms with Crippen molar-refractivity contribution < 1.29 is 4.79 Å². The topological polar surface area (TPSA) is 58.4 Å². The van der Waals surface area contributed by atoms with Crippen molar-refractivity contribution in [2.75, 3.05) is 19.6 Å². The molecule has 4 heteroatoms. The van der Waals surface area contributed by atoms with Crippen LogP contribution in [0.5, 0.6) is 0 Å². The molecular formula is C10H21N3O. The van der Waals surface area contributed by atoms with Crippen LogP contribution >= 0.6 is 0 Å². The molecule has 1 saturated heterocycles. The molecule has 0 aliphatic carbocycles. The minimum atomic E-state index is -0.219. The van der Waals surface area contributed by atoms with Gasteiger partial charge >= 0.3 is 0 Å². The number of likely N-dealkylation sites (N-methyl/N-ethyl adjacent to an activating group) is 1. The van der Waals surface area contributed by atoms with E-state index in [1.165, 1.54) is 0 Å². The number of piperidine rings is 1. The largest absolute Gasteiger partial charge is 0.368 e. The predicted molar refractivity (Wildman–Crippen MR) is 56.9 cm³/mol. The Labute approximate surface area is 85.8 Å². The Bertz CT molecular complexity index is 184. The third kappa shape index (κ3) is 2.69. The maximum absolute atomic E-state index is 10.9. The molecule has 0 bridgehead atoms. The maximum atomic E-state index is 10.9. The number of hydrogen-bond acceptors (Lipinski definition) is 3. The zero-order valence-electron chi connectivity index (χ0n) is 9.12. The molecular weight excluding hydrogens is 178 g/mol. The van der Waals surface area contributed by atoms with Gasteiger partial charge < -0.3 is 11.1 Å². The van der Waals surface area contributed by atoms with E-state index in [0.29, 0.717) is 6.04 Å². The normalized spacial score (nSPS) is 27.9. The molecule has 82 valence electrons. The first-order valence-corrected chi connectivity index (χ1v) is 5.45. The van der Waals surface area contributed by atoms with Gasteiger partial charge in [0, 0.05) is 12.6 Å². The van der Waals surface area contributed by atoms with E-state index >= 15 is 0 Å². The molecule has 0 aromatic heterocycles. The number of hydrogen-bond donors (Lipinski definition) is 2. The SMILES string of the molecule is CCN(CC)C1CCC(C(N)=O)NC1. The Hall–Kier alpha value is -0.610. The molecule has 1 heterocycles.